The minimum absolute atomic E-state index is 0.0248. The van der Waals surface area contributed by atoms with Gasteiger partial charge in [-0.1, -0.05) is 6.07 Å². The maximum atomic E-state index is 11.7. The Kier molecular flexibility index (Phi) is 6.31. The molecule has 1 aromatic rings. The maximum absolute atomic E-state index is 11.7. The van der Waals surface area contributed by atoms with E-state index in [4.69, 9.17) is 10.5 Å². The number of amides is 2. The number of nitrogens with zero attached hydrogens (tertiary/aromatic N) is 1. The number of aliphatic imine (C=N–C) groups is 1. The zero-order chi connectivity index (χ0) is 19.2. The van der Waals surface area contributed by atoms with Crippen LogP contribution in [0.15, 0.2) is 41.0 Å². The Hall–Kier alpha value is -2.91. The van der Waals surface area contributed by atoms with Crippen LogP contribution in [0.1, 0.15) is 13.8 Å². The monoisotopic (exact) mass is 360 g/mol. The topological polar surface area (TPSA) is 130 Å². The van der Waals surface area contributed by atoms with Crippen LogP contribution in [0, 0.1) is 0 Å². The number of anilines is 2. The molecule has 0 radical (unpaired) electrons. The SMILES string of the molecule is COCC(=O)Nc1cccc(NC2(NC(C)C)N=CC(C(N)=O)=CN2)c1. The van der Waals surface area contributed by atoms with Crippen molar-refractivity contribution >= 4 is 29.4 Å². The van der Waals surface area contributed by atoms with Gasteiger partial charge >= 0.3 is 0 Å². The summed E-state index contributed by atoms with van der Waals surface area (Å²) in [5.74, 6) is -1.87. The Morgan fingerprint density at radius 3 is 2.65 bits per heavy atom. The van der Waals surface area contributed by atoms with Gasteiger partial charge in [0, 0.05) is 36.9 Å². The molecule has 1 aliphatic heterocycles. The summed E-state index contributed by atoms with van der Waals surface area (Å²) in [4.78, 5) is 27.3. The molecule has 1 atom stereocenters. The summed E-state index contributed by atoms with van der Waals surface area (Å²) >= 11 is 0. The van der Waals surface area contributed by atoms with Crippen LogP contribution in [0.25, 0.3) is 0 Å². The number of methoxy groups -OCH3 is 1. The van der Waals surface area contributed by atoms with Crippen LogP contribution in [0.3, 0.4) is 0 Å². The second kappa shape index (κ2) is 8.45. The van der Waals surface area contributed by atoms with Crippen molar-refractivity contribution in [2.45, 2.75) is 25.8 Å². The van der Waals surface area contributed by atoms with Gasteiger partial charge in [0.25, 0.3) is 11.8 Å². The van der Waals surface area contributed by atoms with E-state index < -0.39 is 11.8 Å². The lowest BCUT2D eigenvalue weighted by atomic mass is 10.2. The van der Waals surface area contributed by atoms with Gasteiger partial charge in [-0.3, -0.25) is 14.9 Å². The zero-order valence-corrected chi connectivity index (χ0v) is 15.0. The van der Waals surface area contributed by atoms with E-state index in [1.54, 1.807) is 18.2 Å². The summed E-state index contributed by atoms with van der Waals surface area (Å²) in [6, 6.07) is 7.25. The molecule has 0 fully saturated rings. The summed E-state index contributed by atoms with van der Waals surface area (Å²) in [5.41, 5.74) is 6.86. The molecule has 1 heterocycles. The molecule has 0 saturated heterocycles. The van der Waals surface area contributed by atoms with Crippen molar-refractivity contribution in [1.82, 2.24) is 10.6 Å². The molecule has 9 heteroatoms. The van der Waals surface area contributed by atoms with Gasteiger partial charge in [-0.05, 0) is 32.0 Å². The van der Waals surface area contributed by atoms with E-state index in [9.17, 15) is 9.59 Å². The van der Waals surface area contributed by atoms with E-state index in [-0.39, 0.29) is 24.1 Å². The minimum Gasteiger partial charge on any atom is -0.375 e. The van der Waals surface area contributed by atoms with E-state index in [1.807, 2.05) is 19.9 Å². The quantitative estimate of drug-likeness (QED) is 0.425. The second-order valence-corrected chi connectivity index (χ2v) is 6.06. The molecule has 0 bridgehead atoms. The van der Waals surface area contributed by atoms with Gasteiger partial charge in [0.15, 0.2) is 0 Å². The number of hydrogen-bond donors (Lipinski definition) is 5. The van der Waals surface area contributed by atoms with Gasteiger partial charge in [0.1, 0.15) is 6.61 Å². The molecule has 1 aromatic carbocycles. The van der Waals surface area contributed by atoms with E-state index in [1.165, 1.54) is 19.5 Å². The Morgan fingerprint density at radius 2 is 2.08 bits per heavy atom. The minimum atomic E-state index is -1.05. The summed E-state index contributed by atoms with van der Waals surface area (Å²) in [7, 11) is 1.46. The van der Waals surface area contributed by atoms with Crippen molar-refractivity contribution in [3.05, 3.63) is 36.0 Å². The van der Waals surface area contributed by atoms with Crippen molar-refractivity contribution in [2.24, 2.45) is 10.7 Å². The lowest BCUT2D eigenvalue weighted by Gasteiger charge is -2.36. The number of nitrogens with one attached hydrogen (secondary N) is 4. The van der Waals surface area contributed by atoms with Crippen molar-refractivity contribution in [2.75, 3.05) is 24.4 Å². The Balaban J connectivity index is 2.18. The molecular weight excluding hydrogens is 336 g/mol. The van der Waals surface area contributed by atoms with Crippen LogP contribution in [0.5, 0.6) is 0 Å². The first-order valence-electron chi connectivity index (χ1n) is 8.11. The molecule has 0 aliphatic carbocycles. The maximum Gasteiger partial charge on any atom is 0.266 e. The molecule has 6 N–H and O–H groups in total. The van der Waals surface area contributed by atoms with Crippen molar-refractivity contribution < 1.29 is 14.3 Å². The van der Waals surface area contributed by atoms with Crippen LogP contribution in [-0.4, -0.2) is 43.7 Å². The molecule has 2 amide bonds. The van der Waals surface area contributed by atoms with Gasteiger partial charge in [-0.25, -0.2) is 4.99 Å². The Morgan fingerprint density at radius 1 is 1.35 bits per heavy atom. The molecule has 9 nitrogen and oxygen atoms in total. The average Bonchev–Trinajstić information content (AvgIpc) is 2.55. The van der Waals surface area contributed by atoms with Crippen LogP contribution in [0.2, 0.25) is 0 Å². The third-order valence-corrected chi connectivity index (χ3v) is 3.36. The number of nitrogens with two attached hydrogens (primary N) is 1. The van der Waals surface area contributed by atoms with Crippen molar-refractivity contribution in [3.63, 3.8) is 0 Å². The van der Waals surface area contributed by atoms with E-state index in [0.29, 0.717) is 11.4 Å². The summed E-state index contributed by atoms with van der Waals surface area (Å²) in [5, 5.41) is 12.3. The fraction of sp³-hybridized carbons (Fsp3) is 0.353. The lowest BCUT2D eigenvalue weighted by molar-refractivity contribution is -0.119. The Bertz CT molecular complexity index is 731. The molecular formula is C17H24N6O3. The van der Waals surface area contributed by atoms with Crippen molar-refractivity contribution in [1.29, 1.82) is 0 Å². The predicted octanol–water partition coefficient (Wildman–Crippen LogP) is 0.336. The first kappa shape index (κ1) is 19.4. The van der Waals surface area contributed by atoms with Crippen molar-refractivity contribution in [3.8, 4) is 0 Å². The first-order valence-corrected chi connectivity index (χ1v) is 8.11. The number of hydrogen-bond acceptors (Lipinski definition) is 7. The zero-order valence-electron chi connectivity index (χ0n) is 15.0. The average molecular weight is 360 g/mol. The van der Waals surface area contributed by atoms with Crippen LogP contribution in [-0.2, 0) is 14.3 Å². The van der Waals surface area contributed by atoms with E-state index in [2.05, 4.69) is 26.3 Å². The van der Waals surface area contributed by atoms with E-state index >= 15 is 0 Å². The smallest absolute Gasteiger partial charge is 0.266 e. The van der Waals surface area contributed by atoms with Gasteiger partial charge < -0.3 is 26.4 Å². The van der Waals surface area contributed by atoms with E-state index in [0.717, 1.165) is 0 Å². The number of benzene rings is 1. The number of carbonyl (C=O) groups excluding carboxylic acids is 2. The highest BCUT2D eigenvalue weighted by Crippen LogP contribution is 2.20. The number of primary amides is 1. The van der Waals surface area contributed by atoms with Crippen LogP contribution >= 0.6 is 0 Å². The summed E-state index contributed by atoms with van der Waals surface area (Å²) in [6.45, 7) is 3.91. The van der Waals surface area contributed by atoms with Crippen LogP contribution < -0.4 is 27.0 Å². The second-order valence-electron chi connectivity index (χ2n) is 6.06. The largest absolute Gasteiger partial charge is 0.375 e. The number of ether oxygens (including phenoxy) is 1. The lowest BCUT2D eigenvalue weighted by Crippen LogP contribution is -2.62. The fourth-order valence-electron chi connectivity index (χ4n) is 2.37. The summed E-state index contributed by atoms with van der Waals surface area (Å²) < 4.78 is 4.81. The third-order valence-electron chi connectivity index (χ3n) is 3.36. The highest BCUT2D eigenvalue weighted by Gasteiger charge is 2.31. The molecule has 0 saturated carbocycles. The molecule has 0 spiro atoms. The molecule has 1 unspecified atom stereocenters. The molecule has 26 heavy (non-hydrogen) atoms. The highest BCUT2D eigenvalue weighted by molar-refractivity contribution is 6.11. The van der Waals surface area contributed by atoms with Crippen LogP contribution in [0.4, 0.5) is 11.4 Å². The third kappa shape index (κ3) is 5.30. The van der Waals surface area contributed by atoms with Gasteiger partial charge in [0.2, 0.25) is 5.91 Å². The van der Waals surface area contributed by atoms with Gasteiger partial charge in [-0.2, -0.15) is 0 Å². The number of carbonyl (C=O) groups is 2. The molecule has 1 aliphatic rings. The predicted molar refractivity (Wildman–Crippen MR) is 100 cm³/mol. The molecule has 0 aromatic heterocycles. The fourth-order valence-corrected chi connectivity index (χ4v) is 2.37. The van der Waals surface area contributed by atoms with Gasteiger partial charge in [0.05, 0.1) is 5.57 Å². The molecule has 140 valence electrons. The normalized spacial score (nSPS) is 18.8. The molecule has 2 rings (SSSR count). The van der Waals surface area contributed by atoms with Gasteiger partial charge in [-0.15, -0.1) is 0 Å². The first-order chi connectivity index (χ1) is 12.3. The highest BCUT2D eigenvalue weighted by atomic mass is 16.5. The standard InChI is InChI=1S/C17H24N6O3/c1-11(2)22-17(19-8-12(9-20-17)16(18)25)23-14-6-4-5-13(7-14)21-15(24)10-26-3/h4-9,11,19,22-23H,10H2,1-3H3,(H2,18,25)(H,21,24). The number of rotatable bonds is 8. The summed E-state index contributed by atoms with van der Waals surface area (Å²) in [6.07, 6.45) is 2.91. The Labute approximate surface area is 152 Å².